The third-order valence-corrected chi connectivity index (χ3v) is 6.63. The summed E-state index contributed by atoms with van der Waals surface area (Å²) in [6.45, 7) is 1.39. The third-order valence-electron chi connectivity index (χ3n) is 5.95. The normalized spacial score (nSPS) is 24.7. The predicted molar refractivity (Wildman–Crippen MR) is 100 cm³/mol. The quantitative estimate of drug-likeness (QED) is 0.900. The molecule has 0 radical (unpaired) electrons. The molecule has 0 bridgehead atoms. The van der Waals surface area contributed by atoms with E-state index >= 15 is 0 Å². The number of rotatable bonds is 2. The first-order valence-electron chi connectivity index (χ1n) is 8.80. The fraction of sp³-hybridized carbons (Fsp3) is 0.450. The van der Waals surface area contributed by atoms with Crippen LogP contribution in [0, 0.1) is 0 Å². The maximum Gasteiger partial charge on any atom is 0.254 e. The minimum atomic E-state index is -0.432. The van der Waals surface area contributed by atoms with E-state index in [9.17, 15) is 9.90 Å². The number of piperidine rings is 1. The Morgan fingerprint density at radius 1 is 1.24 bits per heavy atom. The maximum absolute atomic E-state index is 12.6. The summed E-state index contributed by atoms with van der Waals surface area (Å²) in [5.74, 6) is 0.112. The van der Waals surface area contributed by atoms with E-state index in [1.165, 1.54) is 11.1 Å². The van der Waals surface area contributed by atoms with Crippen molar-refractivity contribution in [1.82, 2.24) is 9.80 Å². The highest BCUT2D eigenvalue weighted by Crippen LogP contribution is 2.52. The van der Waals surface area contributed by atoms with Crippen LogP contribution in [0.3, 0.4) is 0 Å². The van der Waals surface area contributed by atoms with Gasteiger partial charge in [-0.2, -0.15) is 11.3 Å². The molecule has 4 nitrogen and oxygen atoms in total. The lowest BCUT2D eigenvalue weighted by Gasteiger charge is -2.43. The largest absolute Gasteiger partial charge is 0.390 e. The highest BCUT2D eigenvalue weighted by atomic mass is 32.1. The Balaban J connectivity index is 1.61. The fourth-order valence-corrected chi connectivity index (χ4v) is 5.27. The molecule has 2 heterocycles. The Morgan fingerprint density at radius 2 is 1.96 bits per heavy atom. The van der Waals surface area contributed by atoms with Crippen molar-refractivity contribution in [1.29, 1.82) is 0 Å². The molecule has 1 spiro atoms. The number of likely N-dealkylation sites (N-methyl/N-ethyl adjacent to an activating group) is 1. The summed E-state index contributed by atoms with van der Waals surface area (Å²) >= 11 is 1.55. The number of thiophene rings is 1. The highest BCUT2D eigenvalue weighted by Gasteiger charge is 2.53. The molecule has 5 heteroatoms. The van der Waals surface area contributed by atoms with Gasteiger partial charge in [0.1, 0.15) is 0 Å². The van der Waals surface area contributed by atoms with E-state index in [-0.39, 0.29) is 17.4 Å². The standard InChI is InChI=1S/C20H24N2O2S/c1-21(2)17-15-5-3-4-6-16(15)20(18(17)23)8-10-22(11-9-20)19(24)14-7-12-25-13-14/h3-7,12-13,17-18,23H,8-11H2,1-2H3/t17-,18+/m1/s1. The Bertz CT molecular complexity index is 764. The van der Waals surface area contributed by atoms with Crippen molar-refractivity contribution in [2.75, 3.05) is 27.2 Å². The second-order valence-electron chi connectivity index (χ2n) is 7.40. The van der Waals surface area contributed by atoms with Gasteiger partial charge in [0.05, 0.1) is 17.7 Å². The van der Waals surface area contributed by atoms with E-state index in [0.717, 1.165) is 18.4 Å². The second kappa shape index (κ2) is 6.24. The Morgan fingerprint density at radius 3 is 2.60 bits per heavy atom. The van der Waals surface area contributed by atoms with Gasteiger partial charge in [-0.1, -0.05) is 24.3 Å². The predicted octanol–water partition coefficient (Wildman–Crippen LogP) is 2.90. The number of aliphatic hydroxyl groups is 1. The monoisotopic (exact) mass is 356 g/mol. The molecule has 2 aromatic rings. The molecule has 1 aromatic heterocycles. The van der Waals surface area contributed by atoms with Crippen LogP contribution in [-0.2, 0) is 5.41 Å². The average molecular weight is 356 g/mol. The van der Waals surface area contributed by atoms with Crippen molar-refractivity contribution >= 4 is 17.2 Å². The molecular formula is C20H24N2O2S. The summed E-state index contributed by atoms with van der Waals surface area (Å²) in [6, 6.07) is 10.3. The smallest absolute Gasteiger partial charge is 0.254 e. The summed E-state index contributed by atoms with van der Waals surface area (Å²) in [5, 5.41) is 15.1. The van der Waals surface area contributed by atoms with Crippen LogP contribution >= 0.6 is 11.3 Å². The van der Waals surface area contributed by atoms with Crippen LogP contribution in [0.1, 0.15) is 40.4 Å². The van der Waals surface area contributed by atoms with Gasteiger partial charge in [-0.3, -0.25) is 4.79 Å². The van der Waals surface area contributed by atoms with Crippen LogP contribution in [0.15, 0.2) is 41.1 Å². The van der Waals surface area contributed by atoms with E-state index in [4.69, 9.17) is 0 Å². The molecule has 1 fully saturated rings. The molecule has 1 N–H and O–H groups in total. The molecule has 2 atom stereocenters. The lowest BCUT2D eigenvalue weighted by Crippen LogP contribution is -2.50. The molecule has 1 aliphatic carbocycles. The van der Waals surface area contributed by atoms with Crippen molar-refractivity contribution in [3.8, 4) is 0 Å². The van der Waals surface area contributed by atoms with Crippen molar-refractivity contribution in [3.05, 3.63) is 57.8 Å². The topological polar surface area (TPSA) is 43.8 Å². The summed E-state index contributed by atoms with van der Waals surface area (Å²) in [4.78, 5) is 16.7. The zero-order chi connectivity index (χ0) is 17.6. The zero-order valence-corrected chi connectivity index (χ0v) is 15.5. The van der Waals surface area contributed by atoms with E-state index in [1.54, 1.807) is 11.3 Å². The lowest BCUT2D eigenvalue weighted by atomic mass is 9.72. The van der Waals surface area contributed by atoms with Gasteiger partial charge in [0.25, 0.3) is 5.91 Å². The number of amides is 1. The van der Waals surface area contributed by atoms with Crippen LogP contribution in [-0.4, -0.2) is 54.1 Å². The number of aliphatic hydroxyl groups excluding tert-OH is 1. The van der Waals surface area contributed by atoms with Crippen molar-refractivity contribution in [2.24, 2.45) is 0 Å². The maximum atomic E-state index is 12.6. The van der Waals surface area contributed by atoms with E-state index in [0.29, 0.717) is 13.1 Å². The third kappa shape index (κ3) is 2.53. The SMILES string of the molecule is CN(C)[C@@H]1c2ccccc2C2(CCN(C(=O)c3ccsc3)CC2)[C@H]1O. The van der Waals surface area contributed by atoms with Gasteiger partial charge in [0.15, 0.2) is 0 Å². The van der Waals surface area contributed by atoms with Gasteiger partial charge in [0.2, 0.25) is 0 Å². The van der Waals surface area contributed by atoms with E-state index in [1.807, 2.05) is 35.8 Å². The molecule has 0 saturated carbocycles. The first-order valence-corrected chi connectivity index (χ1v) is 9.74. The number of nitrogens with zero attached hydrogens (tertiary/aromatic N) is 2. The minimum Gasteiger partial charge on any atom is -0.390 e. The van der Waals surface area contributed by atoms with Crippen LogP contribution in [0.25, 0.3) is 0 Å². The van der Waals surface area contributed by atoms with E-state index < -0.39 is 6.10 Å². The van der Waals surface area contributed by atoms with Gasteiger partial charge >= 0.3 is 0 Å². The average Bonchev–Trinajstić information content (AvgIpc) is 3.22. The number of hydrogen-bond acceptors (Lipinski definition) is 4. The summed E-state index contributed by atoms with van der Waals surface area (Å²) < 4.78 is 0. The highest BCUT2D eigenvalue weighted by molar-refractivity contribution is 7.08. The van der Waals surface area contributed by atoms with Crippen LogP contribution in [0.5, 0.6) is 0 Å². The first kappa shape index (κ1) is 16.8. The number of hydrogen-bond donors (Lipinski definition) is 1. The molecule has 1 aliphatic heterocycles. The van der Waals surface area contributed by atoms with E-state index in [2.05, 4.69) is 29.2 Å². The number of benzene rings is 1. The number of carbonyl (C=O) groups excluding carboxylic acids is 1. The molecule has 1 amide bonds. The number of carbonyl (C=O) groups is 1. The number of fused-ring (bicyclic) bond motifs is 2. The van der Waals surface area contributed by atoms with Gasteiger partial charge in [-0.25, -0.2) is 0 Å². The van der Waals surface area contributed by atoms with Gasteiger partial charge in [-0.05, 0) is 49.5 Å². The van der Waals surface area contributed by atoms with Crippen LogP contribution in [0.2, 0.25) is 0 Å². The molecule has 2 aliphatic rings. The molecule has 132 valence electrons. The molecule has 1 aromatic carbocycles. The van der Waals surface area contributed by atoms with Crippen LogP contribution < -0.4 is 0 Å². The molecule has 4 rings (SSSR count). The Labute approximate surface area is 152 Å². The Kier molecular flexibility index (Phi) is 4.18. The van der Waals surface area contributed by atoms with Gasteiger partial charge in [-0.15, -0.1) is 0 Å². The van der Waals surface area contributed by atoms with Gasteiger partial charge < -0.3 is 14.9 Å². The summed E-state index contributed by atoms with van der Waals surface area (Å²) in [5.41, 5.74) is 3.04. The molecule has 25 heavy (non-hydrogen) atoms. The summed E-state index contributed by atoms with van der Waals surface area (Å²) in [6.07, 6.45) is 1.19. The first-order chi connectivity index (χ1) is 12.0. The number of likely N-dealkylation sites (tertiary alicyclic amines) is 1. The van der Waals surface area contributed by atoms with Crippen molar-refractivity contribution in [2.45, 2.75) is 30.4 Å². The molecule has 1 saturated heterocycles. The van der Waals surface area contributed by atoms with Crippen molar-refractivity contribution < 1.29 is 9.90 Å². The minimum absolute atomic E-state index is 0.0234. The lowest BCUT2D eigenvalue weighted by molar-refractivity contribution is -0.00143. The van der Waals surface area contributed by atoms with Crippen LogP contribution in [0.4, 0.5) is 0 Å². The van der Waals surface area contributed by atoms with Gasteiger partial charge in [0, 0.05) is 23.9 Å². The second-order valence-corrected chi connectivity index (χ2v) is 8.18. The summed E-state index contributed by atoms with van der Waals surface area (Å²) in [7, 11) is 4.05. The zero-order valence-electron chi connectivity index (χ0n) is 14.7. The fourth-order valence-electron chi connectivity index (χ4n) is 4.64. The van der Waals surface area contributed by atoms with Crippen molar-refractivity contribution in [3.63, 3.8) is 0 Å². The molecule has 0 unspecified atom stereocenters. The molecular weight excluding hydrogens is 332 g/mol. The Hall–Kier alpha value is -1.69.